The van der Waals surface area contributed by atoms with Crippen LogP contribution in [0, 0.1) is 0 Å². The van der Waals surface area contributed by atoms with E-state index in [1.807, 2.05) is 30.0 Å². The summed E-state index contributed by atoms with van der Waals surface area (Å²) in [5.74, 6) is 1.13. The van der Waals surface area contributed by atoms with Crippen molar-refractivity contribution in [2.45, 2.75) is 11.3 Å². The number of nitrogens with two attached hydrogens (primary N) is 1. The Bertz CT molecular complexity index is 340. The van der Waals surface area contributed by atoms with E-state index in [0.29, 0.717) is 0 Å². The van der Waals surface area contributed by atoms with E-state index < -0.39 is 0 Å². The largest absolute Gasteiger partial charge is 0.398 e. The second kappa shape index (κ2) is 6.89. The fourth-order valence-electron chi connectivity index (χ4n) is 1.91. The summed E-state index contributed by atoms with van der Waals surface area (Å²) in [7, 11) is 0. The molecule has 1 aliphatic heterocycles. The molecule has 0 bridgehead atoms. The highest BCUT2D eigenvalue weighted by Gasteiger charge is 2.09. The lowest BCUT2D eigenvalue weighted by Crippen LogP contribution is -2.36. The summed E-state index contributed by atoms with van der Waals surface area (Å²) in [6.07, 6.45) is 1.21. The molecule has 0 atom stereocenters. The lowest BCUT2D eigenvalue weighted by atomic mass is 10.3. The number of anilines is 1. The molecule has 0 saturated carbocycles. The van der Waals surface area contributed by atoms with Gasteiger partial charge >= 0.3 is 0 Å². The van der Waals surface area contributed by atoms with Crippen molar-refractivity contribution in [1.82, 2.24) is 4.90 Å². The van der Waals surface area contributed by atoms with E-state index in [9.17, 15) is 0 Å². The van der Waals surface area contributed by atoms with Crippen molar-refractivity contribution in [3.63, 3.8) is 0 Å². The monoisotopic (exact) mass is 252 g/mol. The molecule has 0 radical (unpaired) electrons. The Balaban J connectivity index is 1.64. The minimum atomic E-state index is 0.888. The smallest absolute Gasteiger partial charge is 0.0594 e. The number of rotatable bonds is 5. The first-order valence-electron chi connectivity index (χ1n) is 6.13. The van der Waals surface area contributed by atoms with Gasteiger partial charge in [0.05, 0.1) is 13.2 Å². The van der Waals surface area contributed by atoms with Gasteiger partial charge in [-0.05, 0) is 30.9 Å². The maximum atomic E-state index is 5.90. The second-order valence-corrected chi connectivity index (χ2v) is 5.33. The summed E-state index contributed by atoms with van der Waals surface area (Å²) in [5.41, 5.74) is 6.79. The van der Waals surface area contributed by atoms with E-state index >= 15 is 0 Å². The topological polar surface area (TPSA) is 38.5 Å². The predicted molar refractivity (Wildman–Crippen MR) is 73.5 cm³/mol. The first-order chi connectivity index (χ1) is 8.36. The van der Waals surface area contributed by atoms with Crippen LogP contribution in [0.5, 0.6) is 0 Å². The van der Waals surface area contributed by atoms with Gasteiger partial charge in [0.2, 0.25) is 0 Å². The number of benzene rings is 1. The lowest BCUT2D eigenvalue weighted by molar-refractivity contribution is 0.0381. The number of morpholine rings is 1. The lowest BCUT2D eigenvalue weighted by Gasteiger charge is -2.26. The van der Waals surface area contributed by atoms with Crippen LogP contribution in [0.1, 0.15) is 6.42 Å². The molecule has 2 rings (SSSR count). The summed E-state index contributed by atoms with van der Waals surface area (Å²) < 4.78 is 5.33. The minimum Gasteiger partial charge on any atom is -0.398 e. The highest BCUT2D eigenvalue weighted by Crippen LogP contribution is 2.24. The highest BCUT2D eigenvalue weighted by atomic mass is 32.2. The van der Waals surface area contributed by atoms with Gasteiger partial charge in [0.1, 0.15) is 0 Å². The fourth-order valence-corrected chi connectivity index (χ4v) is 2.81. The number of para-hydroxylation sites is 1. The van der Waals surface area contributed by atoms with Crippen molar-refractivity contribution < 1.29 is 4.74 Å². The quantitative estimate of drug-likeness (QED) is 0.495. The van der Waals surface area contributed by atoms with Crippen molar-refractivity contribution in [3.05, 3.63) is 24.3 Å². The van der Waals surface area contributed by atoms with Gasteiger partial charge in [0, 0.05) is 23.7 Å². The highest BCUT2D eigenvalue weighted by molar-refractivity contribution is 7.99. The van der Waals surface area contributed by atoms with Gasteiger partial charge in [-0.3, -0.25) is 4.90 Å². The third kappa shape index (κ3) is 4.22. The summed E-state index contributed by atoms with van der Waals surface area (Å²) in [6, 6.07) is 8.08. The third-order valence-corrected chi connectivity index (χ3v) is 4.07. The van der Waals surface area contributed by atoms with Crippen molar-refractivity contribution in [2.75, 3.05) is 44.3 Å². The number of nitrogen functional groups attached to an aromatic ring is 1. The molecule has 94 valence electrons. The summed E-state index contributed by atoms with van der Waals surface area (Å²) in [6.45, 7) is 5.11. The number of thioether (sulfide) groups is 1. The van der Waals surface area contributed by atoms with Crippen LogP contribution in [0.4, 0.5) is 5.69 Å². The summed E-state index contributed by atoms with van der Waals surface area (Å²) >= 11 is 1.85. The van der Waals surface area contributed by atoms with Gasteiger partial charge in [-0.2, -0.15) is 0 Å². The Hall–Kier alpha value is -0.710. The van der Waals surface area contributed by atoms with Gasteiger partial charge < -0.3 is 10.5 Å². The normalized spacial score (nSPS) is 17.2. The molecule has 1 aliphatic rings. The van der Waals surface area contributed by atoms with Gasteiger partial charge in [0.15, 0.2) is 0 Å². The van der Waals surface area contributed by atoms with Crippen LogP contribution in [0.25, 0.3) is 0 Å². The zero-order valence-electron chi connectivity index (χ0n) is 10.1. The number of hydrogen-bond acceptors (Lipinski definition) is 4. The van der Waals surface area contributed by atoms with Crippen molar-refractivity contribution in [2.24, 2.45) is 0 Å². The number of ether oxygens (including phenoxy) is 1. The maximum absolute atomic E-state index is 5.90. The van der Waals surface area contributed by atoms with Crippen molar-refractivity contribution in [3.8, 4) is 0 Å². The van der Waals surface area contributed by atoms with Crippen LogP contribution in [0.2, 0.25) is 0 Å². The SMILES string of the molecule is Nc1ccccc1SCCCN1CCOCC1. The van der Waals surface area contributed by atoms with Crippen LogP contribution in [-0.2, 0) is 4.74 Å². The Morgan fingerprint density at radius 3 is 2.76 bits per heavy atom. The van der Waals surface area contributed by atoms with Gasteiger partial charge in [-0.1, -0.05) is 12.1 Å². The molecule has 4 heteroatoms. The van der Waals surface area contributed by atoms with E-state index in [1.54, 1.807) is 0 Å². The molecule has 2 N–H and O–H groups in total. The first-order valence-corrected chi connectivity index (χ1v) is 7.12. The molecular formula is C13H20N2OS. The third-order valence-electron chi connectivity index (χ3n) is 2.90. The summed E-state index contributed by atoms with van der Waals surface area (Å²) in [5, 5.41) is 0. The Morgan fingerprint density at radius 2 is 2.00 bits per heavy atom. The Morgan fingerprint density at radius 1 is 1.24 bits per heavy atom. The van der Waals surface area contributed by atoms with E-state index in [-0.39, 0.29) is 0 Å². The molecule has 0 aliphatic carbocycles. The second-order valence-electron chi connectivity index (χ2n) is 4.19. The molecule has 1 saturated heterocycles. The molecular weight excluding hydrogens is 232 g/mol. The Kier molecular flexibility index (Phi) is 5.16. The van der Waals surface area contributed by atoms with Crippen molar-refractivity contribution >= 4 is 17.4 Å². The van der Waals surface area contributed by atoms with E-state index in [2.05, 4.69) is 11.0 Å². The van der Waals surface area contributed by atoms with Crippen LogP contribution in [0.3, 0.4) is 0 Å². The van der Waals surface area contributed by atoms with Gasteiger partial charge in [-0.25, -0.2) is 0 Å². The average molecular weight is 252 g/mol. The number of hydrogen-bond donors (Lipinski definition) is 1. The van der Waals surface area contributed by atoms with E-state index in [0.717, 1.165) is 37.7 Å². The van der Waals surface area contributed by atoms with Gasteiger partial charge in [-0.15, -0.1) is 11.8 Å². The van der Waals surface area contributed by atoms with Crippen molar-refractivity contribution in [1.29, 1.82) is 0 Å². The fraction of sp³-hybridized carbons (Fsp3) is 0.538. The maximum Gasteiger partial charge on any atom is 0.0594 e. The van der Waals surface area contributed by atoms with Crippen LogP contribution in [0.15, 0.2) is 29.2 Å². The molecule has 0 aromatic heterocycles. The molecule has 0 spiro atoms. The van der Waals surface area contributed by atoms with Crippen LogP contribution in [-0.4, -0.2) is 43.5 Å². The summed E-state index contributed by atoms with van der Waals surface area (Å²) in [4.78, 5) is 3.67. The molecule has 1 aromatic rings. The molecule has 1 aromatic carbocycles. The zero-order valence-corrected chi connectivity index (χ0v) is 10.9. The zero-order chi connectivity index (χ0) is 11.9. The molecule has 0 amide bonds. The average Bonchev–Trinajstić information content (AvgIpc) is 2.38. The first kappa shape index (κ1) is 12.7. The molecule has 17 heavy (non-hydrogen) atoms. The van der Waals surface area contributed by atoms with Crippen LogP contribution >= 0.6 is 11.8 Å². The van der Waals surface area contributed by atoms with Crippen LogP contribution < -0.4 is 5.73 Å². The Labute approximate surface area is 107 Å². The molecule has 1 heterocycles. The molecule has 3 nitrogen and oxygen atoms in total. The minimum absolute atomic E-state index is 0.888. The van der Waals surface area contributed by atoms with E-state index in [1.165, 1.54) is 17.9 Å². The molecule has 0 unspecified atom stereocenters. The number of nitrogens with zero attached hydrogens (tertiary/aromatic N) is 1. The predicted octanol–water partition coefficient (Wildman–Crippen LogP) is 2.08. The van der Waals surface area contributed by atoms with E-state index in [4.69, 9.17) is 10.5 Å². The van der Waals surface area contributed by atoms with Gasteiger partial charge in [0.25, 0.3) is 0 Å². The molecule has 1 fully saturated rings. The standard InChI is InChI=1S/C13H20N2OS/c14-12-4-1-2-5-13(12)17-11-3-6-15-7-9-16-10-8-15/h1-2,4-5H,3,6-11,14H2.